The van der Waals surface area contributed by atoms with E-state index < -0.39 is 24.1 Å². The molecular formula is C19H32N4O4. The maximum absolute atomic E-state index is 13.0. The zero-order valence-electron chi connectivity index (χ0n) is 16.2. The zero-order chi connectivity index (χ0) is 20.0. The Morgan fingerprint density at radius 1 is 1.30 bits per heavy atom. The van der Waals surface area contributed by atoms with Crippen molar-refractivity contribution in [2.24, 2.45) is 28.2 Å². The Kier molecular flexibility index (Phi) is 5.24. The van der Waals surface area contributed by atoms with Gasteiger partial charge in [0.2, 0.25) is 17.7 Å². The van der Waals surface area contributed by atoms with Crippen LogP contribution in [0.5, 0.6) is 0 Å². The van der Waals surface area contributed by atoms with E-state index in [0.717, 1.165) is 25.7 Å². The molecule has 0 bridgehead atoms. The van der Waals surface area contributed by atoms with Gasteiger partial charge in [0.1, 0.15) is 6.04 Å². The first-order valence-electron chi connectivity index (χ1n) is 9.87. The molecule has 0 aromatic rings. The van der Waals surface area contributed by atoms with Gasteiger partial charge in [-0.25, -0.2) is 0 Å². The third-order valence-electron chi connectivity index (χ3n) is 7.13. The average molecular weight is 380 g/mol. The van der Waals surface area contributed by atoms with Crippen LogP contribution in [0.15, 0.2) is 0 Å². The van der Waals surface area contributed by atoms with E-state index in [1.54, 1.807) is 4.90 Å². The van der Waals surface area contributed by atoms with Gasteiger partial charge in [-0.1, -0.05) is 33.1 Å². The lowest BCUT2D eigenvalue weighted by Gasteiger charge is -2.33. The lowest BCUT2D eigenvalue weighted by atomic mass is 9.79. The van der Waals surface area contributed by atoms with Crippen molar-refractivity contribution in [3.05, 3.63) is 0 Å². The fourth-order valence-electron chi connectivity index (χ4n) is 4.85. The number of aliphatic hydroxyl groups excluding tert-OH is 1. The van der Waals surface area contributed by atoms with E-state index in [2.05, 4.69) is 19.2 Å². The number of likely N-dealkylation sites (tertiary alicyclic amines) is 1. The standard InChI is InChI=1S/C19H32N4O4/c1-18(2)9-19(18)7-13(23(10-19)14(24)8-20)17(27)22-12(15(25)16(21)26)6-11-4-3-5-11/h11-13,15,25H,3-10,20H2,1-2H3,(H2,21,26)(H,22,27). The molecule has 1 saturated heterocycles. The quantitative estimate of drug-likeness (QED) is 0.471. The maximum atomic E-state index is 13.0. The van der Waals surface area contributed by atoms with Crippen molar-refractivity contribution < 1.29 is 19.5 Å². The van der Waals surface area contributed by atoms with Gasteiger partial charge in [0.05, 0.1) is 12.6 Å². The molecule has 3 fully saturated rings. The molecule has 0 radical (unpaired) electrons. The molecule has 1 spiro atoms. The summed E-state index contributed by atoms with van der Waals surface area (Å²) in [5.74, 6) is -1.05. The van der Waals surface area contributed by atoms with Gasteiger partial charge in [-0.15, -0.1) is 0 Å². The summed E-state index contributed by atoms with van der Waals surface area (Å²) in [7, 11) is 0. The average Bonchev–Trinajstić information content (AvgIpc) is 2.90. The number of nitrogens with one attached hydrogen (secondary N) is 1. The zero-order valence-corrected chi connectivity index (χ0v) is 16.2. The summed E-state index contributed by atoms with van der Waals surface area (Å²) in [5.41, 5.74) is 10.9. The van der Waals surface area contributed by atoms with Crippen LogP contribution in [0.25, 0.3) is 0 Å². The highest BCUT2D eigenvalue weighted by molar-refractivity contribution is 5.90. The molecule has 8 heteroatoms. The van der Waals surface area contributed by atoms with Crippen LogP contribution in [-0.4, -0.2) is 59.0 Å². The van der Waals surface area contributed by atoms with Gasteiger partial charge in [-0.05, 0) is 36.0 Å². The van der Waals surface area contributed by atoms with Crippen molar-refractivity contribution in [1.82, 2.24) is 10.2 Å². The number of hydrogen-bond donors (Lipinski definition) is 4. The van der Waals surface area contributed by atoms with E-state index >= 15 is 0 Å². The van der Waals surface area contributed by atoms with Gasteiger partial charge >= 0.3 is 0 Å². The van der Waals surface area contributed by atoms with Crippen molar-refractivity contribution in [2.45, 2.75) is 70.6 Å². The highest BCUT2D eigenvalue weighted by Gasteiger charge is 2.67. The number of primary amides is 1. The van der Waals surface area contributed by atoms with E-state index in [1.165, 1.54) is 0 Å². The predicted octanol–water partition coefficient (Wildman–Crippen LogP) is -0.516. The minimum absolute atomic E-state index is 0.0500. The van der Waals surface area contributed by atoms with Crippen LogP contribution >= 0.6 is 0 Å². The van der Waals surface area contributed by atoms with Gasteiger partial charge in [-0.2, -0.15) is 0 Å². The van der Waals surface area contributed by atoms with Crippen LogP contribution in [0, 0.1) is 16.7 Å². The molecule has 152 valence electrons. The minimum atomic E-state index is -1.43. The van der Waals surface area contributed by atoms with Gasteiger partial charge in [0, 0.05) is 6.54 Å². The van der Waals surface area contributed by atoms with Crippen molar-refractivity contribution in [1.29, 1.82) is 0 Å². The second-order valence-electron chi connectivity index (χ2n) is 9.28. The summed E-state index contributed by atoms with van der Waals surface area (Å²) in [5, 5.41) is 13.0. The fraction of sp³-hybridized carbons (Fsp3) is 0.842. The Hall–Kier alpha value is -1.67. The highest BCUT2D eigenvalue weighted by atomic mass is 16.3. The van der Waals surface area contributed by atoms with E-state index in [-0.39, 0.29) is 29.2 Å². The van der Waals surface area contributed by atoms with Gasteiger partial charge < -0.3 is 26.8 Å². The van der Waals surface area contributed by atoms with Crippen molar-refractivity contribution in [3.8, 4) is 0 Å². The first-order valence-corrected chi connectivity index (χ1v) is 9.87. The largest absolute Gasteiger partial charge is 0.381 e. The molecule has 27 heavy (non-hydrogen) atoms. The molecule has 6 N–H and O–H groups in total. The van der Waals surface area contributed by atoms with Crippen LogP contribution in [0.3, 0.4) is 0 Å². The first kappa shape index (κ1) is 20.1. The molecule has 3 rings (SSSR count). The topological polar surface area (TPSA) is 139 Å². The molecule has 0 aromatic carbocycles. The van der Waals surface area contributed by atoms with Crippen LogP contribution in [-0.2, 0) is 14.4 Å². The summed E-state index contributed by atoms with van der Waals surface area (Å²) < 4.78 is 0. The molecule has 1 heterocycles. The number of nitrogens with zero attached hydrogens (tertiary/aromatic N) is 1. The molecule has 4 unspecified atom stereocenters. The molecule has 1 aliphatic heterocycles. The van der Waals surface area contributed by atoms with Crippen LogP contribution in [0.1, 0.15) is 52.4 Å². The van der Waals surface area contributed by atoms with Gasteiger partial charge in [0.15, 0.2) is 6.10 Å². The number of rotatable bonds is 7. The molecule has 3 aliphatic rings. The number of nitrogens with two attached hydrogens (primary N) is 2. The molecule has 4 atom stereocenters. The monoisotopic (exact) mass is 380 g/mol. The number of carbonyl (C=O) groups excluding carboxylic acids is 3. The van der Waals surface area contributed by atoms with E-state index in [4.69, 9.17) is 11.5 Å². The number of amides is 3. The smallest absolute Gasteiger partial charge is 0.248 e. The van der Waals surface area contributed by atoms with E-state index in [1.807, 2.05) is 0 Å². The molecule has 3 amide bonds. The van der Waals surface area contributed by atoms with E-state index in [0.29, 0.717) is 25.3 Å². The summed E-state index contributed by atoms with van der Waals surface area (Å²) in [6, 6.07) is -1.34. The Bertz CT molecular complexity index is 633. The number of hydrogen-bond acceptors (Lipinski definition) is 5. The SMILES string of the molecule is CC1(C)CC12CC(C(=O)NC(CC1CCC1)C(O)C(N)=O)N(C(=O)CN)C2. The summed E-state index contributed by atoms with van der Waals surface area (Å²) in [6.07, 6.45) is 3.81. The lowest BCUT2D eigenvalue weighted by molar-refractivity contribution is -0.139. The van der Waals surface area contributed by atoms with Crippen molar-refractivity contribution in [3.63, 3.8) is 0 Å². The normalized spacial score (nSPS) is 31.3. The second kappa shape index (κ2) is 7.05. The van der Waals surface area contributed by atoms with E-state index in [9.17, 15) is 19.5 Å². The van der Waals surface area contributed by atoms with Gasteiger partial charge in [0.25, 0.3) is 0 Å². The van der Waals surface area contributed by atoms with Gasteiger partial charge in [-0.3, -0.25) is 14.4 Å². The van der Waals surface area contributed by atoms with Crippen molar-refractivity contribution >= 4 is 17.7 Å². The number of carbonyl (C=O) groups is 3. The Morgan fingerprint density at radius 3 is 2.37 bits per heavy atom. The predicted molar refractivity (Wildman–Crippen MR) is 99.1 cm³/mol. The third-order valence-corrected chi connectivity index (χ3v) is 7.13. The third kappa shape index (κ3) is 3.69. The molecular weight excluding hydrogens is 348 g/mol. The molecule has 2 aliphatic carbocycles. The first-order chi connectivity index (χ1) is 12.6. The molecule has 8 nitrogen and oxygen atoms in total. The highest BCUT2D eigenvalue weighted by Crippen LogP contribution is 2.68. The minimum Gasteiger partial charge on any atom is -0.381 e. The van der Waals surface area contributed by atoms with Crippen molar-refractivity contribution in [2.75, 3.05) is 13.1 Å². The molecule has 0 aromatic heterocycles. The maximum Gasteiger partial charge on any atom is 0.248 e. The summed E-state index contributed by atoms with van der Waals surface area (Å²) in [6.45, 7) is 4.68. The van der Waals surface area contributed by atoms with Crippen LogP contribution in [0.2, 0.25) is 0 Å². The summed E-state index contributed by atoms with van der Waals surface area (Å²) >= 11 is 0. The summed E-state index contributed by atoms with van der Waals surface area (Å²) in [4.78, 5) is 38.4. The Labute approximate surface area is 160 Å². The Balaban J connectivity index is 1.72. The fourth-order valence-corrected chi connectivity index (χ4v) is 4.85. The second-order valence-corrected chi connectivity index (χ2v) is 9.28. The lowest BCUT2D eigenvalue weighted by Crippen LogP contribution is -2.55. The Morgan fingerprint density at radius 2 is 1.93 bits per heavy atom. The number of aliphatic hydroxyl groups is 1. The molecule has 2 saturated carbocycles. The van der Waals surface area contributed by atoms with Crippen LogP contribution in [0.4, 0.5) is 0 Å². The van der Waals surface area contributed by atoms with Crippen LogP contribution < -0.4 is 16.8 Å².